The quantitative estimate of drug-likeness (QED) is 0.867. The Hall–Kier alpha value is -1.02. The van der Waals surface area contributed by atoms with E-state index >= 15 is 0 Å². The Morgan fingerprint density at radius 3 is 2.24 bits per heavy atom. The van der Waals surface area contributed by atoms with E-state index in [-0.39, 0.29) is 5.54 Å². The van der Waals surface area contributed by atoms with E-state index in [2.05, 4.69) is 58.7 Å². The van der Waals surface area contributed by atoms with Crippen LogP contribution < -0.4 is 10.6 Å². The molecule has 0 atom stereocenters. The highest BCUT2D eigenvalue weighted by atomic mass is 15.1. The Balaban J connectivity index is 2.83. The second-order valence-corrected chi connectivity index (χ2v) is 5.81. The van der Waals surface area contributed by atoms with Crippen LogP contribution in [-0.2, 0) is 0 Å². The van der Waals surface area contributed by atoms with E-state index in [1.807, 2.05) is 0 Å². The second-order valence-electron chi connectivity index (χ2n) is 5.81. The summed E-state index contributed by atoms with van der Waals surface area (Å²) in [6, 6.07) is 4.41. The second kappa shape index (κ2) is 5.09. The van der Waals surface area contributed by atoms with Crippen molar-refractivity contribution in [2.24, 2.45) is 5.73 Å². The minimum absolute atomic E-state index is 0.0953. The molecule has 2 heteroatoms. The van der Waals surface area contributed by atoms with E-state index in [0.717, 1.165) is 13.0 Å². The molecule has 2 N–H and O–H groups in total. The summed E-state index contributed by atoms with van der Waals surface area (Å²) in [4.78, 5) is 2.30. The molecule has 0 spiro atoms. The summed E-state index contributed by atoms with van der Waals surface area (Å²) in [5.41, 5.74) is 11.4. The molecule has 1 rings (SSSR count). The van der Waals surface area contributed by atoms with Crippen LogP contribution >= 0.6 is 0 Å². The van der Waals surface area contributed by atoms with Crippen molar-refractivity contribution < 1.29 is 0 Å². The van der Waals surface area contributed by atoms with Crippen LogP contribution in [0.2, 0.25) is 0 Å². The first kappa shape index (κ1) is 14.0. The van der Waals surface area contributed by atoms with Gasteiger partial charge < -0.3 is 10.6 Å². The van der Waals surface area contributed by atoms with Crippen LogP contribution in [0.4, 0.5) is 5.69 Å². The fourth-order valence-corrected chi connectivity index (χ4v) is 1.93. The van der Waals surface area contributed by atoms with Gasteiger partial charge in [-0.2, -0.15) is 0 Å². The molecule has 0 fully saturated rings. The van der Waals surface area contributed by atoms with Gasteiger partial charge in [0.15, 0.2) is 0 Å². The summed E-state index contributed by atoms with van der Waals surface area (Å²) >= 11 is 0. The van der Waals surface area contributed by atoms with E-state index < -0.39 is 0 Å². The summed E-state index contributed by atoms with van der Waals surface area (Å²) in [5, 5.41) is 0. The van der Waals surface area contributed by atoms with Crippen molar-refractivity contribution in [1.29, 1.82) is 0 Å². The van der Waals surface area contributed by atoms with Gasteiger partial charge in [-0.25, -0.2) is 0 Å². The molecule has 0 radical (unpaired) electrons. The Labute approximate surface area is 106 Å². The summed E-state index contributed by atoms with van der Waals surface area (Å²) in [5.74, 6) is 0. The van der Waals surface area contributed by atoms with E-state index in [1.54, 1.807) is 0 Å². The molecule has 2 nitrogen and oxygen atoms in total. The van der Waals surface area contributed by atoms with Crippen molar-refractivity contribution in [3.8, 4) is 0 Å². The molecule has 17 heavy (non-hydrogen) atoms. The highest BCUT2D eigenvalue weighted by molar-refractivity contribution is 5.57. The third-order valence-electron chi connectivity index (χ3n) is 3.53. The number of nitrogens with zero attached hydrogens (tertiary/aromatic N) is 1. The zero-order chi connectivity index (χ0) is 13.2. The lowest BCUT2D eigenvalue weighted by atomic mass is 10.00. The van der Waals surface area contributed by atoms with Crippen LogP contribution in [0.5, 0.6) is 0 Å². The monoisotopic (exact) mass is 234 g/mol. The highest BCUT2D eigenvalue weighted by Crippen LogP contribution is 2.24. The summed E-state index contributed by atoms with van der Waals surface area (Å²) in [6.45, 7) is 11.7. The van der Waals surface area contributed by atoms with Gasteiger partial charge in [0.1, 0.15) is 0 Å². The predicted molar refractivity (Wildman–Crippen MR) is 76.8 cm³/mol. The highest BCUT2D eigenvalue weighted by Gasteiger charge is 2.13. The Morgan fingerprint density at radius 2 is 1.71 bits per heavy atom. The molecule has 0 aliphatic carbocycles. The largest absolute Gasteiger partial charge is 0.374 e. The zero-order valence-electron chi connectivity index (χ0n) is 12.1. The SMILES string of the molecule is Cc1ccc(N(C)CCC(C)(C)N)c(C)c1C. The first-order valence-electron chi connectivity index (χ1n) is 6.29. The number of rotatable bonds is 4. The van der Waals surface area contributed by atoms with Crippen LogP contribution in [0.25, 0.3) is 0 Å². The summed E-state index contributed by atoms with van der Waals surface area (Å²) < 4.78 is 0. The van der Waals surface area contributed by atoms with Crippen LogP contribution in [0.1, 0.15) is 37.0 Å². The maximum atomic E-state index is 6.03. The maximum Gasteiger partial charge on any atom is 0.0396 e. The molecule has 96 valence electrons. The molecule has 0 saturated carbocycles. The molecular weight excluding hydrogens is 208 g/mol. The number of nitrogens with two attached hydrogens (primary N) is 1. The average Bonchev–Trinajstić information content (AvgIpc) is 2.22. The van der Waals surface area contributed by atoms with Gasteiger partial charge in [-0.15, -0.1) is 0 Å². The maximum absolute atomic E-state index is 6.03. The van der Waals surface area contributed by atoms with Gasteiger partial charge in [0, 0.05) is 24.8 Å². The van der Waals surface area contributed by atoms with Crippen LogP contribution in [0.3, 0.4) is 0 Å². The van der Waals surface area contributed by atoms with Gasteiger partial charge in [0.2, 0.25) is 0 Å². The van der Waals surface area contributed by atoms with Crippen molar-refractivity contribution in [1.82, 2.24) is 0 Å². The number of hydrogen-bond acceptors (Lipinski definition) is 2. The van der Waals surface area contributed by atoms with Crippen LogP contribution in [-0.4, -0.2) is 19.1 Å². The smallest absolute Gasteiger partial charge is 0.0396 e. The summed E-state index contributed by atoms with van der Waals surface area (Å²) in [7, 11) is 2.14. The number of anilines is 1. The molecule has 0 aliphatic heterocycles. The minimum Gasteiger partial charge on any atom is -0.374 e. The Bertz CT molecular complexity index is 389. The Morgan fingerprint density at radius 1 is 1.12 bits per heavy atom. The van der Waals surface area contributed by atoms with Gasteiger partial charge >= 0.3 is 0 Å². The van der Waals surface area contributed by atoms with Crippen LogP contribution in [0, 0.1) is 20.8 Å². The molecule has 1 aromatic rings. The molecule has 0 unspecified atom stereocenters. The first-order chi connectivity index (χ1) is 7.72. The fourth-order valence-electron chi connectivity index (χ4n) is 1.93. The summed E-state index contributed by atoms with van der Waals surface area (Å²) in [6.07, 6.45) is 0.996. The fraction of sp³-hybridized carbons (Fsp3) is 0.600. The van der Waals surface area contributed by atoms with E-state index in [1.165, 1.54) is 22.4 Å². The standard InChI is InChI=1S/C15H26N2/c1-11-7-8-14(13(3)12(11)2)17(6)10-9-15(4,5)16/h7-8H,9-10,16H2,1-6H3. The van der Waals surface area contributed by atoms with Gasteiger partial charge in [-0.1, -0.05) is 6.07 Å². The van der Waals surface area contributed by atoms with Crippen molar-refractivity contribution in [3.63, 3.8) is 0 Å². The lowest BCUT2D eigenvalue weighted by Crippen LogP contribution is -2.36. The number of aryl methyl sites for hydroxylation is 1. The lowest BCUT2D eigenvalue weighted by molar-refractivity contribution is 0.479. The van der Waals surface area contributed by atoms with Gasteiger partial charge in [-0.05, 0) is 63.8 Å². The topological polar surface area (TPSA) is 29.3 Å². The number of hydrogen-bond donors (Lipinski definition) is 1. The molecular formula is C15H26N2. The van der Waals surface area contributed by atoms with E-state index in [4.69, 9.17) is 5.73 Å². The molecule has 0 aromatic heterocycles. The van der Waals surface area contributed by atoms with E-state index in [9.17, 15) is 0 Å². The van der Waals surface area contributed by atoms with Gasteiger partial charge in [0.25, 0.3) is 0 Å². The van der Waals surface area contributed by atoms with Crippen molar-refractivity contribution >= 4 is 5.69 Å². The van der Waals surface area contributed by atoms with Gasteiger partial charge in [0.05, 0.1) is 0 Å². The first-order valence-corrected chi connectivity index (χ1v) is 6.29. The van der Waals surface area contributed by atoms with Gasteiger partial charge in [-0.3, -0.25) is 0 Å². The molecule has 0 bridgehead atoms. The third-order valence-corrected chi connectivity index (χ3v) is 3.53. The molecule has 0 heterocycles. The van der Waals surface area contributed by atoms with Crippen molar-refractivity contribution in [3.05, 3.63) is 28.8 Å². The van der Waals surface area contributed by atoms with Crippen LogP contribution in [0.15, 0.2) is 12.1 Å². The average molecular weight is 234 g/mol. The van der Waals surface area contributed by atoms with Crippen molar-refractivity contribution in [2.45, 2.75) is 46.6 Å². The van der Waals surface area contributed by atoms with Crippen molar-refractivity contribution in [2.75, 3.05) is 18.5 Å². The predicted octanol–water partition coefficient (Wildman–Crippen LogP) is 3.18. The Kier molecular flexibility index (Phi) is 4.21. The third kappa shape index (κ3) is 3.74. The molecule has 1 aromatic carbocycles. The normalized spacial score (nSPS) is 11.7. The molecule has 0 aliphatic rings. The molecule has 0 amide bonds. The zero-order valence-corrected chi connectivity index (χ0v) is 12.1. The minimum atomic E-state index is -0.0953. The lowest BCUT2D eigenvalue weighted by Gasteiger charge is -2.27. The van der Waals surface area contributed by atoms with E-state index in [0.29, 0.717) is 0 Å². The molecule has 0 saturated heterocycles. The number of benzene rings is 1.